The molecule has 4 heterocycles. The molecule has 2 aliphatic heterocycles. The molecule has 4 aromatic rings. The first-order valence-corrected chi connectivity index (χ1v) is 14.8. The smallest absolute Gasteiger partial charge is 0.280 e. The van der Waals surface area contributed by atoms with Crippen molar-refractivity contribution >= 4 is 17.2 Å². The molecule has 1 N–H and O–H groups in total. The molecule has 2 aromatic carbocycles. The van der Waals surface area contributed by atoms with Gasteiger partial charge in [-0.3, -0.25) is 19.3 Å². The molecule has 2 aromatic heterocycles. The molecule has 2 atom stereocenters. The third-order valence-electron chi connectivity index (χ3n) is 9.34. The number of aromatic nitrogens is 1. The summed E-state index contributed by atoms with van der Waals surface area (Å²) >= 11 is 1.37. The van der Waals surface area contributed by atoms with Crippen molar-refractivity contribution in [3.63, 3.8) is 0 Å². The fourth-order valence-electron chi connectivity index (χ4n) is 7.40. The zero-order chi connectivity index (χ0) is 29.3. The number of fused-ring (bicyclic) bond motifs is 4. The van der Waals surface area contributed by atoms with Gasteiger partial charge in [0.25, 0.3) is 11.8 Å². The van der Waals surface area contributed by atoms with Crippen LogP contribution in [0.1, 0.15) is 65.5 Å². The summed E-state index contributed by atoms with van der Waals surface area (Å²) < 4.78 is 48.5. The van der Waals surface area contributed by atoms with E-state index in [4.69, 9.17) is 0 Å². The summed E-state index contributed by atoms with van der Waals surface area (Å²) in [7, 11) is 0. The van der Waals surface area contributed by atoms with Crippen LogP contribution >= 0.6 is 11.3 Å². The van der Waals surface area contributed by atoms with Gasteiger partial charge in [0.05, 0.1) is 11.6 Å². The lowest BCUT2D eigenvalue weighted by molar-refractivity contribution is -0.00825. The average Bonchev–Trinajstić information content (AvgIpc) is 3.30. The van der Waals surface area contributed by atoms with Crippen molar-refractivity contribution in [2.45, 2.75) is 51.2 Å². The molecule has 2 unspecified atom stereocenters. The largest absolute Gasteiger partial charge is 0.502 e. The molecule has 1 fully saturated rings. The lowest BCUT2D eigenvalue weighted by atomic mass is 9.78. The topological polar surface area (TPSA) is 65.8 Å². The van der Waals surface area contributed by atoms with Crippen LogP contribution in [0, 0.1) is 11.2 Å². The number of thiophene rings is 1. The van der Waals surface area contributed by atoms with E-state index >= 15 is 13.2 Å². The number of benzene rings is 2. The highest BCUT2D eigenvalue weighted by Gasteiger charge is 2.51. The molecule has 42 heavy (non-hydrogen) atoms. The van der Waals surface area contributed by atoms with Gasteiger partial charge in [0.2, 0.25) is 5.43 Å². The summed E-state index contributed by atoms with van der Waals surface area (Å²) in [4.78, 5) is 28.9. The number of carbonyl (C=O) groups is 1. The van der Waals surface area contributed by atoms with E-state index < -0.39 is 53.0 Å². The number of amides is 1. The predicted octanol–water partition coefficient (Wildman–Crippen LogP) is 6.38. The summed E-state index contributed by atoms with van der Waals surface area (Å²) in [5.41, 5.74) is 1.79. The number of carbonyl (C=O) groups excluding carboxylic acids is 1. The van der Waals surface area contributed by atoms with Gasteiger partial charge in [0.15, 0.2) is 11.4 Å². The molecule has 6 nitrogen and oxygen atoms in total. The molecule has 1 saturated heterocycles. The number of alkyl halides is 2. The number of pyridine rings is 1. The van der Waals surface area contributed by atoms with E-state index in [0.717, 1.165) is 22.1 Å². The van der Waals surface area contributed by atoms with E-state index in [1.54, 1.807) is 16.3 Å². The van der Waals surface area contributed by atoms with Crippen LogP contribution in [0.25, 0.3) is 21.6 Å². The number of hydrogen-bond acceptors (Lipinski definition) is 5. The van der Waals surface area contributed by atoms with E-state index in [0.29, 0.717) is 36.1 Å². The van der Waals surface area contributed by atoms with Gasteiger partial charge in [-0.15, -0.1) is 11.3 Å². The fraction of sp³-hybridized carbons (Fsp3) is 0.312. The highest BCUT2D eigenvalue weighted by molar-refractivity contribution is 7.14. The van der Waals surface area contributed by atoms with E-state index in [1.165, 1.54) is 28.3 Å². The Balaban J connectivity index is 1.50. The third kappa shape index (κ3) is 3.27. The van der Waals surface area contributed by atoms with Gasteiger partial charge < -0.3 is 10.0 Å². The molecule has 0 bridgehead atoms. The minimum atomic E-state index is -3.42. The molecule has 10 heteroatoms. The van der Waals surface area contributed by atoms with Gasteiger partial charge in [-0.25, -0.2) is 13.2 Å². The zero-order valence-corrected chi connectivity index (χ0v) is 23.6. The quantitative estimate of drug-likeness (QED) is 0.280. The fourth-order valence-corrected chi connectivity index (χ4v) is 8.53. The number of piperidine rings is 1. The van der Waals surface area contributed by atoms with Crippen LogP contribution in [0.15, 0.2) is 58.8 Å². The Hall–Kier alpha value is -4.05. The minimum Gasteiger partial charge on any atom is -0.502 e. The highest BCUT2D eigenvalue weighted by atomic mass is 32.1. The summed E-state index contributed by atoms with van der Waals surface area (Å²) in [6, 6.07) is 10.8. The van der Waals surface area contributed by atoms with Crippen molar-refractivity contribution in [1.82, 2.24) is 9.58 Å². The van der Waals surface area contributed by atoms with Crippen LogP contribution in [0.2, 0.25) is 0 Å². The summed E-state index contributed by atoms with van der Waals surface area (Å²) in [6.45, 7) is 4.63. The first-order valence-electron chi connectivity index (χ1n) is 13.9. The first kappa shape index (κ1) is 25.6. The van der Waals surface area contributed by atoms with Gasteiger partial charge >= 0.3 is 0 Å². The molecule has 0 spiro atoms. The number of nitrogens with zero attached hydrogens (tertiary/aromatic N) is 3. The van der Waals surface area contributed by atoms with Crippen LogP contribution in [0.3, 0.4) is 0 Å². The maximum Gasteiger partial charge on any atom is 0.280 e. The predicted molar refractivity (Wildman–Crippen MR) is 153 cm³/mol. The van der Waals surface area contributed by atoms with Gasteiger partial charge in [-0.1, -0.05) is 44.2 Å². The molecule has 2 aliphatic carbocycles. The number of rotatable bonds is 1. The van der Waals surface area contributed by atoms with E-state index in [2.05, 4.69) is 13.8 Å². The van der Waals surface area contributed by atoms with E-state index in [1.807, 2.05) is 29.3 Å². The van der Waals surface area contributed by atoms with Crippen molar-refractivity contribution in [2.24, 2.45) is 5.41 Å². The Bertz CT molecular complexity index is 1910. The molecule has 0 saturated carbocycles. The Morgan fingerprint density at radius 1 is 1.02 bits per heavy atom. The molecule has 0 radical (unpaired) electrons. The van der Waals surface area contributed by atoms with E-state index in [-0.39, 0.29) is 16.7 Å². The van der Waals surface area contributed by atoms with Crippen LogP contribution in [-0.4, -0.2) is 33.3 Å². The monoisotopic (exact) mass is 589 g/mol. The Morgan fingerprint density at radius 2 is 1.81 bits per heavy atom. The Kier molecular flexibility index (Phi) is 5.05. The van der Waals surface area contributed by atoms with Crippen molar-refractivity contribution < 1.29 is 23.1 Å². The molecule has 8 rings (SSSR count). The second-order valence-electron chi connectivity index (χ2n) is 12.4. The van der Waals surface area contributed by atoms with E-state index in [9.17, 15) is 14.7 Å². The molecule has 1 amide bonds. The second-order valence-corrected chi connectivity index (χ2v) is 13.3. The lowest BCUT2D eigenvalue weighted by Crippen LogP contribution is -2.65. The third-order valence-corrected chi connectivity index (χ3v) is 10.4. The Morgan fingerprint density at radius 3 is 2.62 bits per heavy atom. The SMILES string of the molecule is CC1(C)CCN2C(=O)c3c(O)c(=O)ccn3N(C3c4ccccc4-c4scc5c4-c4c3ccc(F)c4C(F)(F)C5)C2C1. The molecule has 214 valence electrons. The van der Waals surface area contributed by atoms with Crippen LogP contribution in [-0.2, 0) is 12.3 Å². The highest BCUT2D eigenvalue weighted by Crippen LogP contribution is 2.58. The summed E-state index contributed by atoms with van der Waals surface area (Å²) in [6.07, 6.45) is 1.61. The summed E-state index contributed by atoms with van der Waals surface area (Å²) in [5.74, 6) is -5.49. The minimum absolute atomic E-state index is 0.163. The van der Waals surface area contributed by atoms with Crippen molar-refractivity contribution in [3.8, 4) is 27.3 Å². The lowest BCUT2D eigenvalue weighted by Gasteiger charge is -2.54. The van der Waals surface area contributed by atoms with Crippen molar-refractivity contribution in [3.05, 3.63) is 98.0 Å². The normalized spacial score (nSPS) is 22.5. The maximum absolute atomic E-state index is 15.8. The Labute approximate surface area is 243 Å². The molecular weight excluding hydrogens is 563 g/mol. The zero-order valence-electron chi connectivity index (χ0n) is 22.8. The average molecular weight is 590 g/mol. The number of hydrogen-bond donors (Lipinski definition) is 1. The number of aromatic hydroxyl groups is 1. The van der Waals surface area contributed by atoms with Gasteiger partial charge in [-0.2, -0.15) is 0 Å². The second kappa shape index (κ2) is 8.28. The number of halogens is 3. The van der Waals surface area contributed by atoms with Gasteiger partial charge in [-0.05, 0) is 52.0 Å². The first-order chi connectivity index (χ1) is 20.0. The maximum atomic E-state index is 15.8. The summed E-state index contributed by atoms with van der Waals surface area (Å²) in [5, 5.41) is 14.6. The van der Waals surface area contributed by atoms with Crippen LogP contribution < -0.4 is 10.4 Å². The van der Waals surface area contributed by atoms with Gasteiger partial charge in [0, 0.05) is 41.2 Å². The van der Waals surface area contributed by atoms with Crippen molar-refractivity contribution in [2.75, 3.05) is 11.6 Å². The molecule has 4 aliphatic rings. The van der Waals surface area contributed by atoms with Crippen molar-refractivity contribution in [1.29, 1.82) is 0 Å². The van der Waals surface area contributed by atoms with Crippen LogP contribution in [0.4, 0.5) is 13.2 Å². The molecular formula is C32H26F3N3O3S. The van der Waals surface area contributed by atoms with Gasteiger partial charge in [0.1, 0.15) is 12.0 Å². The van der Waals surface area contributed by atoms with Crippen LogP contribution in [0.5, 0.6) is 5.75 Å². The standard InChI is InChI=1S/C32H26F3N3O3S/c1-31(2)10-12-36-22(14-31)38(37-11-9-21(39)28(40)27(37)30(36)41)26-17-5-3-4-6-18(17)29-23-16(15-42-29)13-32(34,35)25-20(33)8-7-19(26)24(23)25/h3-9,11,15,22,26,40H,10,12-14H2,1-2H3.